The van der Waals surface area contributed by atoms with Crippen molar-refractivity contribution < 1.29 is 9.30 Å². The average Bonchev–Trinajstić information content (AvgIpc) is 2.85. The van der Waals surface area contributed by atoms with Crippen molar-refractivity contribution in [3.63, 3.8) is 0 Å². The molecule has 114 valence electrons. The van der Waals surface area contributed by atoms with Crippen molar-refractivity contribution in [2.75, 3.05) is 25.6 Å². The molecule has 0 N–H and O–H groups in total. The highest BCUT2D eigenvalue weighted by Gasteiger charge is 2.19. The van der Waals surface area contributed by atoms with Gasteiger partial charge < -0.3 is 9.64 Å². The minimum absolute atomic E-state index is 0.693. The fourth-order valence-corrected chi connectivity index (χ4v) is 3.67. The molecule has 3 aromatic rings. The van der Waals surface area contributed by atoms with Crippen molar-refractivity contribution in [2.24, 2.45) is 7.05 Å². The topological polar surface area (TPSA) is 16.4 Å². The van der Waals surface area contributed by atoms with Crippen LogP contribution < -0.4 is 14.2 Å². The third-order valence-corrected chi connectivity index (χ3v) is 5.01. The van der Waals surface area contributed by atoms with Crippen LogP contribution in [0.15, 0.2) is 42.5 Å². The predicted octanol–water partition coefficient (Wildman–Crippen LogP) is 3.86. The van der Waals surface area contributed by atoms with E-state index in [1.54, 1.807) is 0 Å². The molecule has 0 saturated carbocycles. The lowest BCUT2D eigenvalue weighted by Gasteiger charge is -2.11. The van der Waals surface area contributed by atoms with Gasteiger partial charge in [-0.1, -0.05) is 11.3 Å². The molecule has 0 aliphatic heterocycles. The molecule has 1 aromatic heterocycles. The first kappa shape index (κ1) is 14.9. The highest BCUT2D eigenvalue weighted by atomic mass is 32.1. The number of benzene rings is 2. The number of hydrogen-bond donors (Lipinski definition) is 0. The van der Waals surface area contributed by atoms with Crippen LogP contribution in [-0.2, 0) is 7.05 Å². The SMILES string of the molecule is CCOc1ccc2sc(-c3ccc(N(C)C)cc3)[n+](C)c2c1. The second-order valence-electron chi connectivity index (χ2n) is 5.47. The van der Waals surface area contributed by atoms with Crippen LogP contribution in [0.2, 0.25) is 0 Å². The van der Waals surface area contributed by atoms with Gasteiger partial charge in [0.25, 0.3) is 5.01 Å². The smallest absolute Gasteiger partial charge is 0.269 e. The normalized spacial score (nSPS) is 10.9. The lowest BCUT2D eigenvalue weighted by Crippen LogP contribution is -2.28. The van der Waals surface area contributed by atoms with Gasteiger partial charge in [0, 0.05) is 19.8 Å². The third kappa shape index (κ3) is 2.66. The Morgan fingerprint density at radius 1 is 1.09 bits per heavy atom. The summed E-state index contributed by atoms with van der Waals surface area (Å²) in [6.07, 6.45) is 0. The molecule has 0 fully saturated rings. The van der Waals surface area contributed by atoms with Crippen LogP contribution in [0.5, 0.6) is 5.75 Å². The molecule has 0 radical (unpaired) electrons. The van der Waals surface area contributed by atoms with E-state index >= 15 is 0 Å². The molecular formula is C18H21N2OS+. The van der Waals surface area contributed by atoms with Crippen LogP contribution in [0.4, 0.5) is 5.69 Å². The van der Waals surface area contributed by atoms with Gasteiger partial charge in [-0.2, -0.15) is 4.57 Å². The number of fused-ring (bicyclic) bond motifs is 1. The van der Waals surface area contributed by atoms with E-state index in [0.29, 0.717) is 6.61 Å². The Labute approximate surface area is 135 Å². The lowest BCUT2D eigenvalue weighted by atomic mass is 10.2. The molecule has 0 amide bonds. The van der Waals surface area contributed by atoms with E-state index in [4.69, 9.17) is 4.74 Å². The van der Waals surface area contributed by atoms with Gasteiger partial charge >= 0.3 is 0 Å². The Bertz CT molecular complexity index is 791. The summed E-state index contributed by atoms with van der Waals surface area (Å²) in [5.74, 6) is 0.929. The van der Waals surface area contributed by atoms with Crippen molar-refractivity contribution in [1.29, 1.82) is 0 Å². The highest BCUT2D eigenvalue weighted by molar-refractivity contribution is 7.21. The molecule has 0 spiro atoms. The number of aromatic nitrogens is 1. The number of rotatable bonds is 4. The van der Waals surface area contributed by atoms with Crippen LogP contribution >= 0.6 is 11.3 Å². The van der Waals surface area contributed by atoms with Crippen molar-refractivity contribution in [2.45, 2.75) is 6.92 Å². The Balaban J connectivity index is 2.05. The summed E-state index contributed by atoms with van der Waals surface area (Å²) in [5.41, 5.74) is 3.67. The van der Waals surface area contributed by atoms with E-state index < -0.39 is 0 Å². The van der Waals surface area contributed by atoms with E-state index in [1.165, 1.54) is 26.5 Å². The molecule has 4 heteroatoms. The Morgan fingerprint density at radius 3 is 2.45 bits per heavy atom. The molecular weight excluding hydrogens is 292 g/mol. The van der Waals surface area contributed by atoms with Crippen molar-refractivity contribution in [3.05, 3.63) is 42.5 Å². The second kappa shape index (κ2) is 5.97. The highest BCUT2D eigenvalue weighted by Crippen LogP contribution is 2.31. The number of nitrogens with zero attached hydrogens (tertiary/aromatic N) is 2. The van der Waals surface area contributed by atoms with E-state index in [0.717, 1.165) is 5.75 Å². The van der Waals surface area contributed by atoms with E-state index in [9.17, 15) is 0 Å². The van der Waals surface area contributed by atoms with Gasteiger partial charge in [-0.25, -0.2) is 0 Å². The van der Waals surface area contributed by atoms with Crippen molar-refractivity contribution in [1.82, 2.24) is 0 Å². The number of aryl methyl sites for hydroxylation is 1. The molecule has 0 atom stereocenters. The van der Waals surface area contributed by atoms with Crippen LogP contribution in [0.1, 0.15) is 6.92 Å². The first-order chi connectivity index (χ1) is 10.6. The maximum Gasteiger partial charge on any atom is 0.269 e. The minimum Gasteiger partial charge on any atom is -0.494 e. The zero-order chi connectivity index (χ0) is 15.7. The van der Waals surface area contributed by atoms with Gasteiger partial charge in [0.05, 0.1) is 18.2 Å². The summed E-state index contributed by atoms with van der Waals surface area (Å²) in [6.45, 7) is 2.70. The summed E-state index contributed by atoms with van der Waals surface area (Å²) in [6, 6.07) is 15.0. The first-order valence-corrected chi connectivity index (χ1v) is 8.25. The second-order valence-corrected chi connectivity index (χ2v) is 6.50. The number of ether oxygens (including phenoxy) is 1. The largest absolute Gasteiger partial charge is 0.494 e. The van der Waals surface area contributed by atoms with Gasteiger partial charge in [-0.15, -0.1) is 0 Å². The third-order valence-electron chi connectivity index (χ3n) is 3.74. The monoisotopic (exact) mass is 313 g/mol. The van der Waals surface area contributed by atoms with E-state index in [1.807, 2.05) is 24.3 Å². The Hall–Kier alpha value is -2.07. The summed E-state index contributed by atoms with van der Waals surface area (Å²) in [7, 11) is 6.23. The lowest BCUT2D eigenvalue weighted by molar-refractivity contribution is -0.629. The predicted molar refractivity (Wildman–Crippen MR) is 93.9 cm³/mol. The van der Waals surface area contributed by atoms with Crippen LogP contribution in [-0.4, -0.2) is 20.7 Å². The number of thiazole rings is 1. The maximum atomic E-state index is 5.61. The summed E-state index contributed by atoms with van der Waals surface area (Å²) in [4.78, 5) is 2.11. The molecule has 0 saturated heterocycles. The quantitative estimate of drug-likeness (QED) is 0.680. The van der Waals surface area contributed by atoms with Crippen LogP contribution in [0, 0.1) is 0 Å². The Kier molecular flexibility index (Phi) is 4.03. The van der Waals surface area contributed by atoms with Crippen molar-refractivity contribution in [3.8, 4) is 16.3 Å². The molecule has 3 nitrogen and oxygen atoms in total. The summed E-state index contributed by atoms with van der Waals surface area (Å²) in [5, 5.41) is 1.26. The molecule has 2 aromatic carbocycles. The van der Waals surface area contributed by atoms with Crippen LogP contribution in [0.3, 0.4) is 0 Å². The fourth-order valence-electron chi connectivity index (χ4n) is 2.54. The van der Waals surface area contributed by atoms with Gasteiger partial charge in [0.2, 0.25) is 5.52 Å². The van der Waals surface area contributed by atoms with Crippen LogP contribution in [0.25, 0.3) is 20.8 Å². The zero-order valence-corrected chi connectivity index (χ0v) is 14.3. The minimum atomic E-state index is 0.693. The first-order valence-electron chi connectivity index (χ1n) is 7.43. The molecule has 3 rings (SSSR count). The van der Waals surface area contributed by atoms with Gasteiger partial charge in [-0.05, 0) is 43.3 Å². The molecule has 0 aliphatic rings. The van der Waals surface area contributed by atoms with Crippen molar-refractivity contribution >= 4 is 27.2 Å². The van der Waals surface area contributed by atoms with Gasteiger partial charge in [0.15, 0.2) is 0 Å². The zero-order valence-electron chi connectivity index (χ0n) is 13.5. The van der Waals surface area contributed by atoms with E-state index in [-0.39, 0.29) is 0 Å². The van der Waals surface area contributed by atoms with Gasteiger partial charge in [0.1, 0.15) is 17.5 Å². The molecule has 0 unspecified atom stereocenters. The Morgan fingerprint density at radius 2 is 1.82 bits per heavy atom. The molecule has 0 aliphatic carbocycles. The molecule has 22 heavy (non-hydrogen) atoms. The fraction of sp³-hybridized carbons (Fsp3) is 0.278. The molecule has 1 heterocycles. The average molecular weight is 313 g/mol. The number of anilines is 1. The van der Waals surface area contributed by atoms with E-state index in [2.05, 4.69) is 67.0 Å². The summed E-state index contributed by atoms with van der Waals surface area (Å²) < 4.78 is 9.13. The standard InChI is InChI=1S/C18H21N2OS/c1-5-21-15-10-11-17-16(12-15)20(4)18(22-17)13-6-8-14(9-7-13)19(2)3/h6-12H,5H2,1-4H3/q+1. The van der Waals surface area contributed by atoms with Gasteiger partial charge in [-0.3, -0.25) is 0 Å². The molecule has 0 bridgehead atoms. The maximum absolute atomic E-state index is 5.61. The summed E-state index contributed by atoms with van der Waals surface area (Å²) >= 11 is 1.81. The number of hydrogen-bond acceptors (Lipinski definition) is 3.